The van der Waals surface area contributed by atoms with Crippen molar-refractivity contribution in [2.24, 2.45) is 0 Å². The molecule has 0 aliphatic heterocycles. The van der Waals surface area contributed by atoms with E-state index in [0.29, 0.717) is 24.0 Å². The molecule has 0 radical (unpaired) electrons. The molecule has 166 valence electrons. The number of hydrogen-bond donors (Lipinski definition) is 2. The second-order valence-electron chi connectivity index (χ2n) is 7.92. The second-order valence-corrected chi connectivity index (χ2v) is 7.92. The largest absolute Gasteiger partial charge is 0.493 e. The van der Waals surface area contributed by atoms with Crippen molar-refractivity contribution in [1.29, 1.82) is 0 Å². The topological polar surface area (TPSA) is 73.2 Å². The van der Waals surface area contributed by atoms with Crippen molar-refractivity contribution in [2.75, 3.05) is 31.9 Å². The number of ether oxygens (including phenoxy) is 2. The Kier molecular flexibility index (Phi) is 6.16. The summed E-state index contributed by atoms with van der Waals surface area (Å²) < 4.78 is 13.0. The van der Waals surface area contributed by atoms with Crippen molar-refractivity contribution >= 4 is 28.5 Å². The number of methoxy groups -OCH3 is 2. The van der Waals surface area contributed by atoms with E-state index in [4.69, 9.17) is 9.47 Å². The lowest BCUT2D eigenvalue weighted by atomic mass is 10.0. The molecule has 7 nitrogen and oxygen atoms in total. The summed E-state index contributed by atoms with van der Waals surface area (Å²) in [5.41, 5.74) is 5.21. The van der Waals surface area contributed by atoms with Crippen molar-refractivity contribution in [1.82, 2.24) is 14.5 Å². The predicted octanol–water partition coefficient (Wildman–Crippen LogP) is 5.41. The van der Waals surface area contributed by atoms with Crippen LogP contribution < -0.4 is 20.1 Å². The van der Waals surface area contributed by atoms with Crippen LogP contribution in [0.1, 0.15) is 30.9 Å². The molecule has 0 saturated carbocycles. The highest BCUT2D eigenvalue weighted by Crippen LogP contribution is 2.30. The zero-order valence-corrected chi connectivity index (χ0v) is 19.1. The molecule has 0 aliphatic carbocycles. The average Bonchev–Trinajstić information content (AvgIpc) is 3.16. The van der Waals surface area contributed by atoms with Crippen molar-refractivity contribution in [2.45, 2.75) is 26.3 Å². The third-order valence-corrected chi connectivity index (χ3v) is 5.50. The number of rotatable bonds is 8. The zero-order chi connectivity index (χ0) is 22.7. The van der Waals surface area contributed by atoms with E-state index in [1.165, 1.54) is 5.56 Å². The SMILES string of the molecule is CNc1nc2cnc(Nc3ccc(C(C)C)cc3)cc2n1Cc1ccc(OC)c(OC)c1. The summed E-state index contributed by atoms with van der Waals surface area (Å²) in [6.45, 7) is 5.01. The van der Waals surface area contributed by atoms with Gasteiger partial charge in [0.2, 0.25) is 5.95 Å². The summed E-state index contributed by atoms with van der Waals surface area (Å²) in [5.74, 6) is 3.46. The number of nitrogens with zero attached hydrogens (tertiary/aromatic N) is 3. The van der Waals surface area contributed by atoms with Crippen molar-refractivity contribution < 1.29 is 9.47 Å². The van der Waals surface area contributed by atoms with E-state index in [-0.39, 0.29) is 0 Å². The first-order chi connectivity index (χ1) is 15.5. The van der Waals surface area contributed by atoms with Crippen LogP contribution in [-0.2, 0) is 6.54 Å². The molecule has 2 aromatic heterocycles. The molecule has 0 fully saturated rings. The van der Waals surface area contributed by atoms with E-state index in [2.05, 4.69) is 63.3 Å². The summed E-state index contributed by atoms with van der Waals surface area (Å²) >= 11 is 0. The van der Waals surface area contributed by atoms with E-state index in [0.717, 1.165) is 34.1 Å². The van der Waals surface area contributed by atoms with Crippen molar-refractivity contribution in [3.8, 4) is 11.5 Å². The van der Waals surface area contributed by atoms with Crippen LogP contribution in [-0.4, -0.2) is 35.8 Å². The van der Waals surface area contributed by atoms with Crippen LogP contribution >= 0.6 is 0 Å². The Morgan fingerprint density at radius 2 is 1.72 bits per heavy atom. The Balaban J connectivity index is 1.66. The van der Waals surface area contributed by atoms with Crippen LogP contribution in [0.4, 0.5) is 17.5 Å². The normalized spacial score (nSPS) is 11.1. The smallest absolute Gasteiger partial charge is 0.203 e. The molecule has 0 spiro atoms. The molecule has 2 aromatic carbocycles. The molecule has 0 bridgehead atoms. The molecule has 0 unspecified atom stereocenters. The fourth-order valence-corrected chi connectivity index (χ4v) is 3.71. The summed E-state index contributed by atoms with van der Waals surface area (Å²) in [4.78, 5) is 9.24. The zero-order valence-electron chi connectivity index (χ0n) is 19.1. The monoisotopic (exact) mass is 431 g/mol. The van der Waals surface area contributed by atoms with Crippen LogP contribution in [0.2, 0.25) is 0 Å². The van der Waals surface area contributed by atoms with Gasteiger partial charge in [0.05, 0.1) is 32.5 Å². The molecule has 4 aromatic rings. The lowest BCUT2D eigenvalue weighted by Gasteiger charge is -2.13. The maximum absolute atomic E-state index is 5.46. The Hall–Kier alpha value is -3.74. The van der Waals surface area contributed by atoms with Gasteiger partial charge >= 0.3 is 0 Å². The minimum Gasteiger partial charge on any atom is -0.493 e. The fourth-order valence-electron chi connectivity index (χ4n) is 3.71. The number of fused-ring (bicyclic) bond motifs is 1. The highest BCUT2D eigenvalue weighted by molar-refractivity contribution is 5.81. The Morgan fingerprint density at radius 3 is 2.38 bits per heavy atom. The van der Waals surface area contributed by atoms with E-state index in [1.807, 2.05) is 31.3 Å². The van der Waals surface area contributed by atoms with Gasteiger partial charge < -0.3 is 24.7 Å². The van der Waals surface area contributed by atoms with E-state index >= 15 is 0 Å². The van der Waals surface area contributed by atoms with E-state index in [9.17, 15) is 0 Å². The quantitative estimate of drug-likeness (QED) is 0.389. The molecule has 0 amide bonds. The molecular formula is C25H29N5O2. The molecule has 0 saturated heterocycles. The van der Waals surface area contributed by atoms with Crippen molar-refractivity contribution in [3.05, 3.63) is 65.9 Å². The second kappa shape index (κ2) is 9.18. The first kappa shape index (κ1) is 21.5. The van der Waals surface area contributed by atoms with Crippen molar-refractivity contribution in [3.63, 3.8) is 0 Å². The number of hydrogen-bond acceptors (Lipinski definition) is 6. The van der Waals surface area contributed by atoms with Crippen LogP contribution in [0, 0.1) is 0 Å². The average molecular weight is 432 g/mol. The first-order valence-corrected chi connectivity index (χ1v) is 10.6. The van der Waals surface area contributed by atoms with Gasteiger partial charge in [0.1, 0.15) is 11.3 Å². The van der Waals surface area contributed by atoms with Crippen LogP contribution in [0.3, 0.4) is 0 Å². The molecule has 0 atom stereocenters. The van der Waals surface area contributed by atoms with Crippen LogP contribution in [0.25, 0.3) is 11.0 Å². The number of pyridine rings is 1. The van der Waals surface area contributed by atoms with Crippen LogP contribution in [0.15, 0.2) is 54.7 Å². The highest BCUT2D eigenvalue weighted by atomic mass is 16.5. The Bertz CT molecular complexity index is 1220. The summed E-state index contributed by atoms with van der Waals surface area (Å²) in [6.07, 6.45) is 1.80. The Morgan fingerprint density at radius 1 is 0.969 bits per heavy atom. The van der Waals surface area contributed by atoms with E-state index in [1.54, 1.807) is 20.4 Å². The molecular weight excluding hydrogens is 402 g/mol. The van der Waals surface area contributed by atoms with Gasteiger partial charge in [0, 0.05) is 18.8 Å². The van der Waals surface area contributed by atoms with Gasteiger partial charge in [-0.05, 0) is 41.3 Å². The summed E-state index contributed by atoms with van der Waals surface area (Å²) in [7, 11) is 5.15. The van der Waals surface area contributed by atoms with Gasteiger partial charge in [-0.1, -0.05) is 32.0 Å². The molecule has 2 N–H and O–H groups in total. The number of imidazole rings is 1. The standard InChI is InChI=1S/C25H29N5O2/c1-16(2)18-7-9-19(10-8-18)28-24-13-21-20(14-27-24)29-25(26-3)30(21)15-17-6-11-22(31-4)23(12-17)32-5/h6-14,16H,15H2,1-5H3,(H,26,29)(H,27,28). The van der Waals surface area contributed by atoms with Gasteiger partial charge in [0.25, 0.3) is 0 Å². The molecule has 0 aliphatic rings. The third-order valence-electron chi connectivity index (χ3n) is 5.50. The molecule has 7 heteroatoms. The van der Waals surface area contributed by atoms with Gasteiger partial charge in [-0.3, -0.25) is 0 Å². The molecule has 2 heterocycles. The Labute approximate surface area is 188 Å². The lowest BCUT2D eigenvalue weighted by molar-refractivity contribution is 0.354. The molecule has 32 heavy (non-hydrogen) atoms. The first-order valence-electron chi connectivity index (χ1n) is 10.6. The maximum atomic E-state index is 5.46. The summed E-state index contributed by atoms with van der Waals surface area (Å²) in [6, 6.07) is 16.4. The maximum Gasteiger partial charge on any atom is 0.203 e. The van der Waals surface area contributed by atoms with Gasteiger partial charge in [-0.2, -0.15) is 0 Å². The van der Waals surface area contributed by atoms with Gasteiger partial charge in [-0.15, -0.1) is 0 Å². The van der Waals surface area contributed by atoms with Gasteiger partial charge in [-0.25, -0.2) is 9.97 Å². The van der Waals surface area contributed by atoms with E-state index < -0.39 is 0 Å². The molecule has 4 rings (SSSR count). The minimum atomic E-state index is 0.504. The number of nitrogens with one attached hydrogen (secondary N) is 2. The summed E-state index contributed by atoms with van der Waals surface area (Å²) in [5, 5.41) is 6.59. The third kappa shape index (κ3) is 4.32. The van der Waals surface area contributed by atoms with Crippen LogP contribution in [0.5, 0.6) is 11.5 Å². The fraction of sp³-hybridized carbons (Fsp3) is 0.280. The number of benzene rings is 2. The van der Waals surface area contributed by atoms with Gasteiger partial charge in [0.15, 0.2) is 11.5 Å². The lowest BCUT2D eigenvalue weighted by Crippen LogP contribution is -2.05. The number of aromatic nitrogens is 3. The minimum absolute atomic E-state index is 0.504. The number of anilines is 3. The highest BCUT2D eigenvalue weighted by Gasteiger charge is 2.13. The predicted molar refractivity (Wildman–Crippen MR) is 130 cm³/mol.